The van der Waals surface area contributed by atoms with E-state index < -0.39 is 10.7 Å². The smallest absolute Gasteiger partial charge is 0.258 e. The van der Waals surface area contributed by atoms with Crippen molar-refractivity contribution < 1.29 is 9.31 Å². The van der Waals surface area contributed by atoms with Crippen molar-refractivity contribution in [2.45, 2.75) is 0 Å². The van der Waals surface area contributed by atoms with E-state index in [0.717, 1.165) is 15.7 Å². The molecule has 1 aromatic heterocycles. The third kappa shape index (κ3) is 2.46. The van der Waals surface area contributed by atoms with Crippen molar-refractivity contribution in [3.8, 4) is 5.69 Å². The summed E-state index contributed by atoms with van der Waals surface area (Å²) in [5, 5.41) is 14.8. The molecule has 5 nitrogen and oxygen atoms in total. The summed E-state index contributed by atoms with van der Waals surface area (Å²) in [7, 11) is 0. The predicted octanol–water partition coefficient (Wildman–Crippen LogP) is 3.29. The molecule has 8 heteroatoms. The van der Waals surface area contributed by atoms with Crippen LogP contribution in [0.5, 0.6) is 0 Å². The highest BCUT2D eigenvalue weighted by molar-refractivity contribution is 14.1. The Hall–Kier alpha value is -1.03. The number of nitro benzene ring substituents is 1. The van der Waals surface area contributed by atoms with E-state index in [1.54, 1.807) is 6.20 Å². The first-order valence-corrected chi connectivity index (χ1v) is 6.20. The van der Waals surface area contributed by atoms with Crippen LogP contribution in [0.2, 0.25) is 0 Å². The molecule has 17 heavy (non-hydrogen) atoms. The lowest BCUT2D eigenvalue weighted by atomic mass is 10.2. The molecule has 0 amide bonds. The zero-order chi connectivity index (χ0) is 12.6. The van der Waals surface area contributed by atoms with Gasteiger partial charge in [0.25, 0.3) is 5.69 Å². The number of hydrogen-bond donors (Lipinski definition) is 0. The van der Waals surface area contributed by atoms with Crippen molar-refractivity contribution in [1.82, 2.24) is 9.78 Å². The summed E-state index contributed by atoms with van der Waals surface area (Å²) in [6.07, 6.45) is 3.11. The molecule has 88 valence electrons. The molecule has 0 atom stereocenters. The number of nitrogens with zero attached hydrogens (tertiary/aromatic N) is 3. The van der Waals surface area contributed by atoms with E-state index in [-0.39, 0.29) is 15.8 Å². The summed E-state index contributed by atoms with van der Waals surface area (Å²) < 4.78 is 15.5. The molecule has 1 heterocycles. The number of rotatable bonds is 2. The first-order valence-electron chi connectivity index (χ1n) is 4.33. The van der Waals surface area contributed by atoms with Gasteiger partial charge in [-0.3, -0.25) is 10.1 Å². The van der Waals surface area contributed by atoms with E-state index >= 15 is 0 Å². The van der Waals surface area contributed by atoms with Gasteiger partial charge in [-0.15, -0.1) is 0 Å². The minimum Gasteiger partial charge on any atom is -0.258 e. The minimum atomic E-state index is -0.575. The molecule has 2 rings (SSSR count). The lowest BCUT2D eigenvalue weighted by Crippen LogP contribution is -2.01. The van der Waals surface area contributed by atoms with Gasteiger partial charge in [0.05, 0.1) is 19.2 Å². The summed E-state index contributed by atoms with van der Waals surface area (Å²) in [6.45, 7) is 0. The third-order valence-electron chi connectivity index (χ3n) is 2.01. The Morgan fingerprint density at radius 2 is 2.24 bits per heavy atom. The molecule has 0 aliphatic carbocycles. The maximum Gasteiger partial charge on any atom is 0.296 e. The minimum absolute atomic E-state index is 0.0507. The van der Waals surface area contributed by atoms with Gasteiger partial charge in [-0.05, 0) is 38.5 Å². The zero-order valence-corrected chi connectivity index (χ0v) is 11.8. The predicted molar refractivity (Wildman–Crippen MR) is 70.6 cm³/mol. The molecular formula is C9H4BrFIN3O2. The molecule has 1 aromatic carbocycles. The third-order valence-corrected chi connectivity index (χ3v) is 3.18. The molecule has 0 radical (unpaired) electrons. The first-order chi connectivity index (χ1) is 7.99. The van der Waals surface area contributed by atoms with E-state index in [1.807, 2.05) is 22.6 Å². The van der Waals surface area contributed by atoms with Crippen LogP contribution in [0, 0.1) is 19.5 Å². The van der Waals surface area contributed by atoms with Crippen LogP contribution >= 0.6 is 38.5 Å². The van der Waals surface area contributed by atoms with Crippen LogP contribution in [0.3, 0.4) is 0 Å². The summed E-state index contributed by atoms with van der Waals surface area (Å²) in [5.74, 6) is -0.573. The second-order valence-electron chi connectivity index (χ2n) is 3.12. The molecule has 2 aromatic rings. The van der Waals surface area contributed by atoms with E-state index in [0.29, 0.717) is 0 Å². The van der Waals surface area contributed by atoms with Gasteiger partial charge in [0.15, 0.2) is 0 Å². The van der Waals surface area contributed by atoms with Crippen molar-refractivity contribution in [1.29, 1.82) is 0 Å². The number of aromatic nitrogens is 2. The van der Waals surface area contributed by atoms with Gasteiger partial charge in [-0.1, -0.05) is 0 Å². The van der Waals surface area contributed by atoms with Crippen molar-refractivity contribution in [3.63, 3.8) is 0 Å². The number of benzene rings is 1. The SMILES string of the molecule is O=[N+]([O-])c1cc(Br)c(F)cc1-n1cc(I)cn1. The molecule has 0 bridgehead atoms. The fraction of sp³-hybridized carbons (Fsp3) is 0. The Bertz CT molecular complexity index is 602. The maximum absolute atomic E-state index is 13.4. The summed E-state index contributed by atoms with van der Waals surface area (Å²) >= 11 is 4.93. The average Bonchev–Trinajstić information content (AvgIpc) is 2.68. The Balaban J connectivity index is 2.67. The molecule has 0 fully saturated rings. The molecule has 0 aliphatic rings. The number of hydrogen-bond acceptors (Lipinski definition) is 3. The van der Waals surface area contributed by atoms with Gasteiger partial charge in [0.2, 0.25) is 0 Å². The standard InChI is InChI=1S/C9H4BrFIN3O2/c10-6-1-9(15(16)17)8(2-7(6)11)14-4-5(12)3-13-14/h1-4H. The highest BCUT2D eigenvalue weighted by atomic mass is 127. The van der Waals surface area contributed by atoms with Gasteiger partial charge < -0.3 is 0 Å². The maximum atomic E-state index is 13.4. The van der Waals surface area contributed by atoms with Gasteiger partial charge in [-0.25, -0.2) is 9.07 Å². The first kappa shape index (κ1) is 12.4. The van der Waals surface area contributed by atoms with E-state index in [1.165, 1.54) is 10.9 Å². The van der Waals surface area contributed by atoms with Crippen LogP contribution in [-0.4, -0.2) is 14.7 Å². The van der Waals surface area contributed by atoms with Crippen LogP contribution < -0.4 is 0 Å². The van der Waals surface area contributed by atoms with Crippen molar-refractivity contribution >= 4 is 44.2 Å². The second-order valence-corrected chi connectivity index (χ2v) is 5.22. The molecule has 0 N–H and O–H groups in total. The monoisotopic (exact) mass is 411 g/mol. The Morgan fingerprint density at radius 1 is 1.53 bits per heavy atom. The fourth-order valence-corrected chi connectivity index (χ4v) is 2.01. The lowest BCUT2D eigenvalue weighted by Gasteiger charge is -2.04. The topological polar surface area (TPSA) is 61.0 Å². The number of nitro groups is 1. The summed E-state index contributed by atoms with van der Waals surface area (Å²) in [4.78, 5) is 10.3. The average molecular weight is 412 g/mol. The van der Waals surface area contributed by atoms with Crippen LogP contribution in [0.25, 0.3) is 5.69 Å². The Kier molecular flexibility index (Phi) is 3.43. The number of halogens is 3. The zero-order valence-electron chi connectivity index (χ0n) is 8.10. The highest BCUT2D eigenvalue weighted by Crippen LogP contribution is 2.29. The molecule has 0 aliphatic heterocycles. The van der Waals surface area contributed by atoms with Gasteiger partial charge in [0, 0.05) is 18.3 Å². The molecule has 0 saturated carbocycles. The van der Waals surface area contributed by atoms with Gasteiger partial charge in [0.1, 0.15) is 11.5 Å². The molecule has 0 spiro atoms. The van der Waals surface area contributed by atoms with Gasteiger partial charge in [-0.2, -0.15) is 5.10 Å². The highest BCUT2D eigenvalue weighted by Gasteiger charge is 2.19. The van der Waals surface area contributed by atoms with E-state index in [2.05, 4.69) is 21.0 Å². The summed E-state index contributed by atoms with van der Waals surface area (Å²) in [5.41, 5.74) is -0.114. The Morgan fingerprint density at radius 3 is 2.76 bits per heavy atom. The van der Waals surface area contributed by atoms with Gasteiger partial charge >= 0.3 is 0 Å². The molecule has 0 saturated heterocycles. The quantitative estimate of drug-likeness (QED) is 0.433. The van der Waals surface area contributed by atoms with Crippen LogP contribution in [-0.2, 0) is 0 Å². The second kappa shape index (κ2) is 4.69. The van der Waals surface area contributed by atoms with Crippen LogP contribution in [0.1, 0.15) is 0 Å². The largest absolute Gasteiger partial charge is 0.296 e. The Labute approximate surface area is 117 Å². The van der Waals surface area contributed by atoms with Crippen molar-refractivity contribution in [2.75, 3.05) is 0 Å². The van der Waals surface area contributed by atoms with Crippen LogP contribution in [0.4, 0.5) is 10.1 Å². The van der Waals surface area contributed by atoms with Crippen molar-refractivity contribution in [2.24, 2.45) is 0 Å². The lowest BCUT2D eigenvalue weighted by molar-refractivity contribution is -0.384. The summed E-state index contributed by atoms with van der Waals surface area (Å²) in [6, 6.07) is 2.20. The van der Waals surface area contributed by atoms with E-state index in [9.17, 15) is 14.5 Å². The molecule has 0 unspecified atom stereocenters. The normalized spacial score (nSPS) is 10.5. The van der Waals surface area contributed by atoms with Crippen LogP contribution in [0.15, 0.2) is 29.0 Å². The molecular weight excluding hydrogens is 408 g/mol. The van der Waals surface area contributed by atoms with E-state index in [4.69, 9.17) is 0 Å². The fourth-order valence-electron chi connectivity index (χ4n) is 1.29. The van der Waals surface area contributed by atoms with Crippen molar-refractivity contribution in [3.05, 3.63) is 48.5 Å².